The SMILES string of the molecule is COCC(=O)N(Cc1cccnc1)C1CCCN(C(=O)c2ccc(Cn3cncn3)o2)C1. The highest BCUT2D eigenvalue weighted by molar-refractivity contribution is 5.91. The molecule has 4 rings (SSSR count). The summed E-state index contributed by atoms with van der Waals surface area (Å²) in [4.78, 5) is 37.5. The van der Waals surface area contributed by atoms with E-state index in [4.69, 9.17) is 9.15 Å². The standard InChI is InChI=1S/C22H26N6O4/c1-31-14-21(29)28(11-17-4-2-8-23-10-17)18-5-3-9-26(12-18)22(30)20-7-6-19(32-20)13-27-16-24-15-25-27/h2,4,6-8,10,15-16,18H,3,5,9,11-14H2,1H3. The van der Waals surface area contributed by atoms with Gasteiger partial charge in [-0.05, 0) is 36.6 Å². The smallest absolute Gasteiger partial charge is 0.289 e. The summed E-state index contributed by atoms with van der Waals surface area (Å²) in [6.07, 6.45) is 8.10. The summed E-state index contributed by atoms with van der Waals surface area (Å²) in [6.45, 7) is 1.88. The third kappa shape index (κ3) is 5.20. The Balaban J connectivity index is 1.45. The molecule has 10 heteroatoms. The Morgan fingerprint density at radius 1 is 1.28 bits per heavy atom. The highest BCUT2D eigenvalue weighted by Gasteiger charge is 2.32. The summed E-state index contributed by atoms with van der Waals surface area (Å²) in [5.41, 5.74) is 0.934. The van der Waals surface area contributed by atoms with Crippen molar-refractivity contribution in [1.29, 1.82) is 0 Å². The van der Waals surface area contributed by atoms with Gasteiger partial charge in [-0.2, -0.15) is 5.10 Å². The maximum absolute atomic E-state index is 13.1. The first-order valence-electron chi connectivity index (χ1n) is 10.5. The number of furan rings is 1. The number of piperidine rings is 1. The van der Waals surface area contributed by atoms with Gasteiger partial charge in [0.15, 0.2) is 5.76 Å². The second-order valence-electron chi connectivity index (χ2n) is 7.72. The molecule has 0 saturated carbocycles. The number of carbonyl (C=O) groups is 2. The van der Waals surface area contributed by atoms with E-state index in [1.807, 2.05) is 12.1 Å². The number of aromatic nitrogens is 4. The molecule has 1 fully saturated rings. The number of methoxy groups -OCH3 is 1. The maximum Gasteiger partial charge on any atom is 0.289 e. The molecule has 0 radical (unpaired) electrons. The van der Waals surface area contributed by atoms with E-state index in [-0.39, 0.29) is 30.2 Å². The van der Waals surface area contributed by atoms with Gasteiger partial charge in [-0.25, -0.2) is 9.67 Å². The number of pyridine rings is 1. The number of ether oxygens (including phenoxy) is 1. The number of hydrogen-bond acceptors (Lipinski definition) is 7. The van der Waals surface area contributed by atoms with Gasteiger partial charge in [0.2, 0.25) is 5.91 Å². The van der Waals surface area contributed by atoms with Crippen LogP contribution in [0.15, 0.2) is 53.7 Å². The molecule has 0 aliphatic carbocycles. The number of rotatable bonds is 8. The first-order chi connectivity index (χ1) is 15.6. The number of nitrogens with zero attached hydrogens (tertiary/aromatic N) is 6. The largest absolute Gasteiger partial charge is 0.454 e. The van der Waals surface area contributed by atoms with Crippen molar-refractivity contribution in [2.75, 3.05) is 26.8 Å². The Morgan fingerprint density at radius 3 is 2.94 bits per heavy atom. The minimum atomic E-state index is -0.181. The fraction of sp³-hybridized carbons (Fsp3) is 0.409. The molecule has 32 heavy (non-hydrogen) atoms. The van der Waals surface area contributed by atoms with Gasteiger partial charge >= 0.3 is 0 Å². The average molecular weight is 438 g/mol. The molecular formula is C22H26N6O4. The molecule has 3 aromatic rings. The maximum atomic E-state index is 13.1. The Morgan fingerprint density at radius 2 is 2.19 bits per heavy atom. The van der Waals surface area contributed by atoms with Crippen molar-refractivity contribution >= 4 is 11.8 Å². The van der Waals surface area contributed by atoms with Crippen molar-refractivity contribution in [2.24, 2.45) is 0 Å². The quantitative estimate of drug-likeness (QED) is 0.526. The van der Waals surface area contributed by atoms with Crippen LogP contribution in [0.3, 0.4) is 0 Å². The molecule has 4 heterocycles. The van der Waals surface area contributed by atoms with Crippen LogP contribution in [0, 0.1) is 0 Å². The first kappa shape index (κ1) is 21.7. The molecular weight excluding hydrogens is 412 g/mol. The van der Waals surface area contributed by atoms with Crippen LogP contribution in [0.25, 0.3) is 0 Å². The van der Waals surface area contributed by atoms with E-state index in [1.165, 1.54) is 13.4 Å². The van der Waals surface area contributed by atoms with Crippen LogP contribution in [-0.4, -0.2) is 74.2 Å². The zero-order valence-corrected chi connectivity index (χ0v) is 18.0. The van der Waals surface area contributed by atoms with Crippen molar-refractivity contribution in [3.05, 3.63) is 66.4 Å². The number of amides is 2. The first-order valence-corrected chi connectivity index (χ1v) is 10.5. The summed E-state index contributed by atoms with van der Waals surface area (Å²) in [5, 5.41) is 4.05. The molecule has 3 aromatic heterocycles. The van der Waals surface area contributed by atoms with Gasteiger partial charge in [0.25, 0.3) is 5.91 Å². The van der Waals surface area contributed by atoms with Crippen molar-refractivity contribution in [3.63, 3.8) is 0 Å². The van der Waals surface area contributed by atoms with E-state index in [0.29, 0.717) is 31.9 Å². The lowest BCUT2D eigenvalue weighted by Crippen LogP contribution is -2.52. The summed E-state index contributed by atoms with van der Waals surface area (Å²) in [7, 11) is 1.50. The van der Waals surface area contributed by atoms with Crippen molar-refractivity contribution in [1.82, 2.24) is 29.5 Å². The molecule has 1 saturated heterocycles. The van der Waals surface area contributed by atoms with Crippen LogP contribution in [0.1, 0.15) is 34.7 Å². The van der Waals surface area contributed by atoms with Gasteiger partial charge in [0.1, 0.15) is 31.6 Å². The predicted octanol–water partition coefficient (Wildman–Crippen LogP) is 1.59. The van der Waals surface area contributed by atoms with Crippen molar-refractivity contribution in [3.8, 4) is 0 Å². The second kappa shape index (κ2) is 10.2. The van der Waals surface area contributed by atoms with Gasteiger partial charge in [-0.3, -0.25) is 14.6 Å². The molecule has 0 bridgehead atoms. The highest BCUT2D eigenvalue weighted by Crippen LogP contribution is 2.21. The van der Waals surface area contributed by atoms with Gasteiger partial charge < -0.3 is 19.0 Å². The van der Waals surface area contributed by atoms with Crippen LogP contribution in [0.5, 0.6) is 0 Å². The Hall–Kier alpha value is -3.53. The van der Waals surface area contributed by atoms with Crippen LogP contribution >= 0.6 is 0 Å². The topological polar surface area (TPSA) is 107 Å². The summed E-state index contributed by atoms with van der Waals surface area (Å²) in [6, 6.07) is 7.12. The molecule has 1 atom stereocenters. The average Bonchev–Trinajstić information content (AvgIpc) is 3.50. The lowest BCUT2D eigenvalue weighted by Gasteiger charge is -2.39. The van der Waals surface area contributed by atoms with E-state index in [2.05, 4.69) is 15.1 Å². The number of likely N-dealkylation sites (tertiary alicyclic amines) is 1. The molecule has 1 aliphatic heterocycles. The minimum absolute atomic E-state index is 0.00542. The molecule has 168 valence electrons. The third-order valence-corrected chi connectivity index (χ3v) is 5.45. The van der Waals surface area contributed by atoms with E-state index in [1.54, 1.807) is 45.3 Å². The molecule has 0 N–H and O–H groups in total. The Kier molecular flexibility index (Phi) is 6.90. The fourth-order valence-electron chi connectivity index (χ4n) is 3.92. The zero-order valence-electron chi connectivity index (χ0n) is 18.0. The summed E-state index contributed by atoms with van der Waals surface area (Å²) >= 11 is 0. The lowest BCUT2D eigenvalue weighted by molar-refractivity contribution is -0.139. The Bertz CT molecular complexity index is 1020. The zero-order chi connectivity index (χ0) is 22.3. The summed E-state index contributed by atoms with van der Waals surface area (Å²) in [5.74, 6) is 0.618. The minimum Gasteiger partial charge on any atom is -0.454 e. The van der Waals surface area contributed by atoms with E-state index in [0.717, 1.165) is 18.4 Å². The molecule has 0 spiro atoms. The van der Waals surface area contributed by atoms with Crippen molar-refractivity contribution in [2.45, 2.75) is 32.0 Å². The van der Waals surface area contributed by atoms with E-state index >= 15 is 0 Å². The highest BCUT2D eigenvalue weighted by atomic mass is 16.5. The monoisotopic (exact) mass is 438 g/mol. The molecule has 1 aliphatic rings. The predicted molar refractivity (Wildman–Crippen MR) is 113 cm³/mol. The van der Waals surface area contributed by atoms with Crippen molar-refractivity contribution < 1.29 is 18.7 Å². The number of carbonyl (C=O) groups excluding carboxylic acids is 2. The van der Waals surface area contributed by atoms with Crippen LogP contribution in [0.4, 0.5) is 0 Å². The normalized spacial score (nSPS) is 16.2. The molecule has 2 amide bonds. The third-order valence-electron chi connectivity index (χ3n) is 5.45. The molecule has 1 unspecified atom stereocenters. The Labute approximate surface area is 185 Å². The van der Waals surface area contributed by atoms with E-state index < -0.39 is 0 Å². The van der Waals surface area contributed by atoms with Crippen LogP contribution in [0.2, 0.25) is 0 Å². The molecule has 10 nitrogen and oxygen atoms in total. The van der Waals surface area contributed by atoms with Gasteiger partial charge in [0, 0.05) is 45.2 Å². The number of hydrogen-bond donors (Lipinski definition) is 0. The second-order valence-corrected chi connectivity index (χ2v) is 7.72. The lowest BCUT2D eigenvalue weighted by atomic mass is 10.0. The molecule has 0 aromatic carbocycles. The van der Waals surface area contributed by atoms with Crippen LogP contribution < -0.4 is 0 Å². The van der Waals surface area contributed by atoms with Gasteiger partial charge in [-0.15, -0.1) is 0 Å². The van der Waals surface area contributed by atoms with Gasteiger partial charge in [0.05, 0.1) is 0 Å². The summed E-state index contributed by atoms with van der Waals surface area (Å²) < 4.78 is 12.5. The van der Waals surface area contributed by atoms with E-state index in [9.17, 15) is 9.59 Å². The van der Waals surface area contributed by atoms with Crippen LogP contribution in [-0.2, 0) is 22.6 Å². The fourth-order valence-corrected chi connectivity index (χ4v) is 3.92. The van der Waals surface area contributed by atoms with Gasteiger partial charge in [-0.1, -0.05) is 6.07 Å².